The molecule has 4 nitrogen and oxygen atoms in total. The summed E-state index contributed by atoms with van der Waals surface area (Å²) in [6, 6.07) is 0. The lowest BCUT2D eigenvalue weighted by Gasteiger charge is -2.24. The van der Waals surface area contributed by atoms with Crippen molar-refractivity contribution in [1.29, 1.82) is 0 Å². The van der Waals surface area contributed by atoms with Crippen LogP contribution in [0.25, 0.3) is 0 Å². The molecule has 0 aliphatic rings. The second-order valence-corrected chi connectivity index (χ2v) is 2.51. The number of rotatable bonds is 5. The number of aliphatic carboxylic acids is 1. The van der Waals surface area contributed by atoms with Gasteiger partial charge in [-0.1, -0.05) is 6.58 Å². The van der Waals surface area contributed by atoms with Crippen molar-refractivity contribution in [1.82, 2.24) is 0 Å². The van der Waals surface area contributed by atoms with Crippen molar-refractivity contribution in [2.75, 3.05) is 0 Å². The molecule has 0 radical (unpaired) electrons. The Balaban J connectivity index is 4.14. The molecule has 0 aromatic rings. The third-order valence-electron chi connectivity index (χ3n) is 0.975. The number of hydrogen-bond acceptors (Lipinski definition) is 3. The van der Waals surface area contributed by atoms with E-state index >= 15 is 0 Å². The number of carboxylic acids is 1. The molecule has 0 spiro atoms. The van der Waals surface area contributed by atoms with Gasteiger partial charge in [-0.05, 0) is 6.58 Å². The summed E-state index contributed by atoms with van der Waals surface area (Å²) >= 11 is 0. The van der Waals surface area contributed by atoms with E-state index in [1.807, 2.05) is 0 Å². The maximum Gasteiger partial charge on any atom is 0.370 e. The number of ether oxygens (including phenoxy) is 2. The van der Waals surface area contributed by atoms with Gasteiger partial charge in [-0.2, -0.15) is 0 Å². The molecule has 0 atom stereocenters. The predicted molar refractivity (Wildman–Crippen MR) is 43.2 cm³/mol. The fourth-order valence-electron chi connectivity index (χ4n) is 0.565. The molecule has 0 aromatic carbocycles. The third kappa shape index (κ3) is 3.65. The summed E-state index contributed by atoms with van der Waals surface area (Å²) in [5, 5.41) is 8.41. The molecule has 0 unspecified atom stereocenters. The lowest BCUT2D eigenvalue weighted by Crippen LogP contribution is -2.27. The van der Waals surface area contributed by atoms with Gasteiger partial charge < -0.3 is 14.6 Å². The molecule has 68 valence electrons. The summed E-state index contributed by atoms with van der Waals surface area (Å²) in [6.07, 6.45) is 1.18. The van der Waals surface area contributed by atoms with Gasteiger partial charge in [0, 0.05) is 13.8 Å². The summed E-state index contributed by atoms with van der Waals surface area (Å²) in [4.78, 5) is 10.3. The molecule has 0 aliphatic heterocycles. The molecule has 0 rings (SSSR count). The molecule has 0 amide bonds. The van der Waals surface area contributed by atoms with E-state index in [1.165, 1.54) is 6.26 Å². The second kappa shape index (κ2) is 3.80. The van der Waals surface area contributed by atoms with E-state index in [4.69, 9.17) is 14.6 Å². The zero-order chi connectivity index (χ0) is 9.78. The van der Waals surface area contributed by atoms with Gasteiger partial charge in [-0.3, -0.25) is 0 Å². The smallest absolute Gasteiger partial charge is 0.370 e. The SMILES string of the molecule is C=COC(C)(C)OC(=C)C(=O)O. The van der Waals surface area contributed by atoms with Crippen LogP contribution < -0.4 is 0 Å². The molecule has 0 saturated heterocycles. The second-order valence-electron chi connectivity index (χ2n) is 2.51. The fraction of sp³-hybridized carbons (Fsp3) is 0.375. The Hall–Kier alpha value is -1.45. The highest BCUT2D eigenvalue weighted by atomic mass is 16.7. The van der Waals surface area contributed by atoms with E-state index in [-0.39, 0.29) is 5.76 Å². The molecule has 0 fully saturated rings. The zero-order valence-corrected chi connectivity index (χ0v) is 7.16. The fourth-order valence-corrected chi connectivity index (χ4v) is 0.565. The Kier molecular flexibility index (Phi) is 3.34. The van der Waals surface area contributed by atoms with Gasteiger partial charge >= 0.3 is 5.97 Å². The monoisotopic (exact) mass is 172 g/mol. The largest absolute Gasteiger partial charge is 0.475 e. The van der Waals surface area contributed by atoms with Crippen LogP contribution in [-0.4, -0.2) is 16.9 Å². The van der Waals surface area contributed by atoms with Crippen LogP contribution in [0.3, 0.4) is 0 Å². The highest BCUT2D eigenvalue weighted by Gasteiger charge is 2.22. The first kappa shape index (κ1) is 10.6. The zero-order valence-electron chi connectivity index (χ0n) is 7.16. The van der Waals surface area contributed by atoms with E-state index in [1.54, 1.807) is 13.8 Å². The molecular weight excluding hydrogens is 160 g/mol. The minimum atomic E-state index is -1.21. The Bertz CT molecular complexity index is 205. The van der Waals surface area contributed by atoms with Gasteiger partial charge in [0.1, 0.15) is 0 Å². The van der Waals surface area contributed by atoms with E-state index < -0.39 is 11.8 Å². The number of hydrogen-bond donors (Lipinski definition) is 1. The average molecular weight is 172 g/mol. The van der Waals surface area contributed by atoms with Crippen LogP contribution >= 0.6 is 0 Å². The van der Waals surface area contributed by atoms with Crippen molar-refractivity contribution in [3.8, 4) is 0 Å². The average Bonchev–Trinajstić information content (AvgIpc) is 1.85. The van der Waals surface area contributed by atoms with Gasteiger partial charge in [0.05, 0.1) is 6.26 Å². The Labute approximate surface area is 71.1 Å². The lowest BCUT2D eigenvalue weighted by molar-refractivity contribution is -0.169. The van der Waals surface area contributed by atoms with Gasteiger partial charge in [-0.25, -0.2) is 4.79 Å². The van der Waals surface area contributed by atoms with Crippen molar-refractivity contribution >= 4 is 5.97 Å². The Morgan fingerprint density at radius 3 is 2.42 bits per heavy atom. The number of carbonyl (C=O) groups is 1. The number of carboxylic acid groups (broad SMARTS) is 1. The highest BCUT2D eigenvalue weighted by Crippen LogP contribution is 2.15. The molecule has 0 bridgehead atoms. The van der Waals surface area contributed by atoms with Crippen LogP contribution in [0.4, 0.5) is 0 Å². The minimum absolute atomic E-state index is 0.359. The van der Waals surface area contributed by atoms with E-state index in [2.05, 4.69) is 13.2 Å². The van der Waals surface area contributed by atoms with Crippen molar-refractivity contribution in [3.63, 3.8) is 0 Å². The van der Waals surface area contributed by atoms with Crippen molar-refractivity contribution < 1.29 is 19.4 Å². The molecule has 1 N–H and O–H groups in total. The molecule has 0 saturated carbocycles. The van der Waals surface area contributed by atoms with Gasteiger partial charge in [0.25, 0.3) is 0 Å². The molecule has 4 heteroatoms. The molecule has 0 heterocycles. The summed E-state index contributed by atoms with van der Waals surface area (Å²) < 4.78 is 9.72. The highest BCUT2D eigenvalue weighted by molar-refractivity contribution is 5.83. The quantitative estimate of drug-likeness (QED) is 0.388. The maximum absolute atomic E-state index is 10.3. The lowest BCUT2D eigenvalue weighted by atomic mass is 10.4. The van der Waals surface area contributed by atoms with Crippen LogP contribution in [0.2, 0.25) is 0 Å². The maximum atomic E-state index is 10.3. The van der Waals surface area contributed by atoms with Crippen LogP contribution in [0.15, 0.2) is 25.2 Å². The van der Waals surface area contributed by atoms with Crippen LogP contribution in [0, 0.1) is 0 Å². The van der Waals surface area contributed by atoms with Crippen molar-refractivity contribution in [3.05, 3.63) is 25.2 Å². The first-order valence-corrected chi connectivity index (χ1v) is 3.29. The van der Waals surface area contributed by atoms with Crippen LogP contribution in [0.1, 0.15) is 13.8 Å². The first-order valence-electron chi connectivity index (χ1n) is 3.29. The van der Waals surface area contributed by atoms with Crippen molar-refractivity contribution in [2.24, 2.45) is 0 Å². The Morgan fingerprint density at radius 2 is 2.08 bits per heavy atom. The Morgan fingerprint density at radius 1 is 1.58 bits per heavy atom. The van der Waals surface area contributed by atoms with Crippen LogP contribution in [0.5, 0.6) is 0 Å². The molecule has 12 heavy (non-hydrogen) atoms. The van der Waals surface area contributed by atoms with Gasteiger partial charge in [0.2, 0.25) is 11.5 Å². The topological polar surface area (TPSA) is 55.8 Å². The molecular formula is C8H12O4. The van der Waals surface area contributed by atoms with Crippen LogP contribution in [-0.2, 0) is 14.3 Å². The normalized spacial score (nSPS) is 10.2. The van der Waals surface area contributed by atoms with E-state index in [0.29, 0.717) is 0 Å². The molecule has 0 aliphatic carbocycles. The van der Waals surface area contributed by atoms with Gasteiger partial charge in [-0.15, -0.1) is 0 Å². The molecule has 0 aromatic heterocycles. The van der Waals surface area contributed by atoms with E-state index in [0.717, 1.165) is 0 Å². The van der Waals surface area contributed by atoms with Gasteiger partial charge in [0.15, 0.2) is 0 Å². The summed E-state index contributed by atoms with van der Waals surface area (Å²) in [5.74, 6) is -2.62. The van der Waals surface area contributed by atoms with Crippen molar-refractivity contribution in [2.45, 2.75) is 19.6 Å². The summed E-state index contributed by atoms with van der Waals surface area (Å²) in [7, 11) is 0. The first-order chi connectivity index (χ1) is 5.39. The summed E-state index contributed by atoms with van der Waals surface area (Å²) in [5.41, 5.74) is 0. The third-order valence-corrected chi connectivity index (χ3v) is 0.975. The summed E-state index contributed by atoms with van der Waals surface area (Å²) in [6.45, 7) is 9.62. The minimum Gasteiger partial charge on any atom is -0.475 e. The predicted octanol–water partition coefficient (Wildman–Crippen LogP) is 1.50. The standard InChI is InChI=1S/C8H12O4/c1-5-11-8(3,4)12-6(2)7(9)10/h5H,1-2H2,3-4H3,(H,9,10). The van der Waals surface area contributed by atoms with E-state index in [9.17, 15) is 4.79 Å².